The molecule has 0 aromatic heterocycles. The first-order chi connectivity index (χ1) is 9.65. The van der Waals surface area contributed by atoms with Gasteiger partial charge in [0.25, 0.3) is 0 Å². The Morgan fingerprint density at radius 3 is 2.60 bits per heavy atom. The van der Waals surface area contributed by atoms with Gasteiger partial charge in [0.2, 0.25) is 0 Å². The monoisotopic (exact) mass is 281 g/mol. The summed E-state index contributed by atoms with van der Waals surface area (Å²) in [5.41, 5.74) is 0.284. The third-order valence-electron chi connectivity index (χ3n) is 5.52. The van der Waals surface area contributed by atoms with Gasteiger partial charge in [-0.25, -0.2) is 0 Å². The van der Waals surface area contributed by atoms with Gasteiger partial charge in [-0.05, 0) is 56.9 Å². The maximum Gasteiger partial charge on any atom is 0.0685 e. The summed E-state index contributed by atoms with van der Waals surface area (Å²) in [4.78, 5) is 0. The summed E-state index contributed by atoms with van der Waals surface area (Å²) in [6.45, 7) is 9.03. The van der Waals surface area contributed by atoms with Crippen LogP contribution in [0.2, 0.25) is 0 Å². The molecular weight excluding hydrogens is 246 g/mol. The zero-order valence-corrected chi connectivity index (χ0v) is 13.9. The maximum absolute atomic E-state index is 6.22. The highest BCUT2D eigenvalue weighted by molar-refractivity contribution is 4.90. The van der Waals surface area contributed by atoms with E-state index in [2.05, 4.69) is 26.1 Å². The molecule has 0 aromatic carbocycles. The summed E-state index contributed by atoms with van der Waals surface area (Å²) in [5, 5.41) is 3.66. The van der Waals surface area contributed by atoms with E-state index < -0.39 is 0 Å². The lowest BCUT2D eigenvalue weighted by molar-refractivity contribution is -0.118. The second-order valence-corrected chi connectivity index (χ2v) is 7.44. The number of hydrogen-bond acceptors (Lipinski definition) is 2. The first kappa shape index (κ1) is 16.3. The van der Waals surface area contributed by atoms with Crippen LogP contribution in [0.5, 0.6) is 0 Å². The molecule has 0 bridgehead atoms. The summed E-state index contributed by atoms with van der Waals surface area (Å²) in [6, 6.07) is 0.699. The van der Waals surface area contributed by atoms with Crippen LogP contribution in [-0.2, 0) is 4.74 Å². The summed E-state index contributed by atoms with van der Waals surface area (Å²) in [7, 11) is 0. The van der Waals surface area contributed by atoms with Gasteiger partial charge >= 0.3 is 0 Å². The zero-order valence-electron chi connectivity index (χ0n) is 13.9. The quantitative estimate of drug-likeness (QED) is 0.772. The average Bonchev–Trinajstić information content (AvgIpc) is 2.44. The molecule has 1 heterocycles. The highest BCUT2D eigenvalue weighted by Crippen LogP contribution is 2.42. The first-order valence-electron chi connectivity index (χ1n) is 9.02. The Kier molecular flexibility index (Phi) is 6.35. The van der Waals surface area contributed by atoms with Crippen molar-refractivity contribution < 1.29 is 4.74 Å². The third kappa shape index (κ3) is 4.46. The molecule has 2 heteroatoms. The topological polar surface area (TPSA) is 21.3 Å². The Morgan fingerprint density at radius 1 is 1.20 bits per heavy atom. The summed E-state index contributed by atoms with van der Waals surface area (Å²) in [6.07, 6.45) is 12.2. The van der Waals surface area contributed by atoms with Gasteiger partial charge in [-0.1, -0.05) is 40.0 Å². The number of hydrogen-bond donors (Lipinski definition) is 1. The Labute approximate surface area is 126 Å². The molecule has 0 radical (unpaired) electrons. The molecule has 1 aliphatic heterocycles. The van der Waals surface area contributed by atoms with Crippen LogP contribution in [0.1, 0.15) is 78.6 Å². The van der Waals surface area contributed by atoms with Crippen LogP contribution < -0.4 is 5.32 Å². The van der Waals surface area contributed by atoms with Crippen LogP contribution in [0.3, 0.4) is 0 Å². The van der Waals surface area contributed by atoms with Crippen LogP contribution in [0.4, 0.5) is 0 Å². The summed E-state index contributed by atoms with van der Waals surface area (Å²) < 4.78 is 6.22. The Bertz CT molecular complexity index is 265. The van der Waals surface area contributed by atoms with E-state index in [4.69, 9.17) is 4.74 Å². The second-order valence-electron chi connectivity index (χ2n) is 7.44. The van der Waals surface area contributed by atoms with Gasteiger partial charge in [-0.15, -0.1) is 0 Å². The first-order valence-corrected chi connectivity index (χ1v) is 9.02. The normalized spacial score (nSPS) is 27.9. The lowest BCUT2D eigenvalue weighted by atomic mass is 9.74. The van der Waals surface area contributed by atoms with Gasteiger partial charge in [0.05, 0.1) is 5.60 Å². The van der Waals surface area contributed by atoms with Crippen molar-refractivity contribution in [2.24, 2.45) is 11.8 Å². The minimum absolute atomic E-state index is 0.284. The Morgan fingerprint density at radius 2 is 1.95 bits per heavy atom. The smallest absolute Gasteiger partial charge is 0.0685 e. The van der Waals surface area contributed by atoms with Crippen LogP contribution in [0.25, 0.3) is 0 Å². The fraction of sp³-hybridized carbons (Fsp3) is 1.00. The molecule has 2 aliphatic rings. The zero-order chi connectivity index (χ0) is 14.4. The standard InChI is InChI=1S/C18H35NO/c1-4-19-17(15(2)3)9-8-16-10-13-20-18(14-16)11-6-5-7-12-18/h15-17,19H,4-14H2,1-3H3. The predicted molar refractivity (Wildman–Crippen MR) is 86.0 cm³/mol. The molecule has 0 amide bonds. The lowest BCUT2D eigenvalue weighted by Gasteiger charge is -2.44. The minimum Gasteiger partial charge on any atom is -0.375 e. The molecule has 1 saturated heterocycles. The molecule has 1 aliphatic carbocycles. The molecular formula is C18H35NO. The van der Waals surface area contributed by atoms with Crippen LogP contribution in [0, 0.1) is 11.8 Å². The van der Waals surface area contributed by atoms with E-state index in [0.717, 1.165) is 25.0 Å². The molecule has 2 nitrogen and oxygen atoms in total. The van der Waals surface area contributed by atoms with E-state index in [1.807, 2.05) is 0 Å². The van der Waals surface area contributed by atoms with Crippen molar-refractivity contribution in [3.8, 4) is 0 Å². The maximum atomic E-state index is 6.22. The van der Waals surface area contributed by atoms with Crippen molar-refractivity contribution in [1.82, 2.24) is 5.32 Å². The number of nitrogens with one attached hydrogen (secondary N) is 1. The number of ether oxygens (including phenoxy) is 1. The van der Waals surface area contributed by atoms with Crippen molar-refractivity contribution in [1.29, 1.82) is 0 Å². The molecule has 2 fully saturated rings. The SMILES string of the molecule is CCNC(CCC1CCOC2(CCCCC2)C1)C(C)C. The van der Waals surface area contributed by atoms with Crippen molar-refractivity contribution in [3.05, 3.63) is 0 Å². The largest absolute Gasteiger partial charge is 0.375 e. The average molecular weight is 281 g/mol. The van der Waals surface area contributed by atoms with Gasteiger partial charge in [-0.3, -0.25) is 0 Å². The van der Waals surface area contributed by atoms with E-state index in [1.54, 1.807) is 0 Å². The van der Waals surface area contributed by atoms with Crippen LogP contribution in [-0.4, -0.2) is 24.8 Å². The Hall–Kier alpha value is -0.0800. The van der Waals surface area contributed by atoms with E-state index >= 15 is 0 Å². The van der Waals surface area contributed by atoms with Crippen LogP contribution >= 0.6 is 0 Å². The van der Waals surface area contributed by atoms with Crippen molar-refractivity contribution in [2.45, 2.75) is 90.2 Å². The van der Waals surface area contributed by atoms with Crippen molar-refractivity contribution in [3.63, 3.8) is 0 Å². The van der Waals surface area contributed by atoms with Crippen molar-refractivity contribution in [2.75, 3.05) is 13.2 Å². The Balaban J connectivity index is 1.80. The predicted octanol–water partition coefficient (Wildman–Crippen LogP) is 4.53. The third-order valence-corrected chi connectivity index (χ3v) is 5.52. The van der Waals surface area contributed by atoms with Crippen LogP contribution in [0.15, 0.2) is 0 Å². The molecule has 2 atom stereocenters. The molecule has 0 aromatic rings. The fourth-order valence-electron chi connectivity index (χ4n) is 4.27. The highest BCUT2D eigenvalue weighted by atomic mass is 16.5. The van der Waals surface area contributed by atoms with E-state index in [0.29, 0.717) is 6.04 Å². The lowest BCUT2D eigenvalue weighted by Crippen LogP contribution is -2.42. The summed E-state index contributed by atoms with van der Waals surface area (Å²) >= 11 is 0. The van der Waals surface area contributed by atoms with Gasteiger partial charge in [0, 0.05) is 12.6 Å². The van der Waals surface area contributed by atoms with E-state index in [1.165, 1.54) is 57.8 Å². The van der Waals surface area contributed by atoms with Gasteiger partial charge in [0.15, 0.2) is 0 Å². The minimum atomic E-state index is 0.284. The molecule has 20 heavy (non-hydrogen) atoms. The number of rotatable bonds is 6. The van der Waals surface area contributed by atoms with Gasteiger partial charge < -0.3 is 10.1 Å². The molecule has 2 unspecified atom stereocenters. The van der Waals surface area contributed by atoms with Gasteiger partial charge in [0.1, 0.15) is 0 Å². The molecule has 1 N–H and O–H groups in total. The second kappa shape index (κ2) is 7.79. The fourth-order valence-corrected chi connectivity index (χ4v) is 4.27. The molecule has 1 spiro atoms. The molecule has 118 valence electrons. The molecule has 2 rings (SSSR count). The van der Waals surface area contributed by atoms with Crippen molar-refractivity contribution >= 4 is 0 Å². The highest BCUT2D eigenvalue weighted by Gasteiger charge is 2.38. The molecule has 1 saturated carbocycles. The van der Waals surface area contributed by atoms with E-state index in [9.17, 15) is 0 Å². The van der Waals surface area contributed by atoms with E-state index in [-0.39, 0.29) is 5.60 Å². The van der Waals surface area contributed by atoms with Gasteiger partial charge in [-0.2, -0.15) is 0 Å². The summed E-state index contributed by atoms with van der Waals surface area (Å²) in [5.74, 6) is 1.65.